The number of halogens is 1. The predicted octanol–water partition coefficient (Wildman–Crippen LogP) is 2.83. The van der Waals surface area contributed by atoms with Crippen LogP contribution in [0, 0.1) is 11.2 Å². The third-order valence-electron chi connectivity index (χ3n) is 3.03. The lowest BCUT2D eigenvalue weighted by atomic mass is 9.96. The first kappa shape index (κ1) is 19.6. The Morgan fingerprint density at radius 1 is 1.39 bits per heavy atom. The van der Waals surface area contributed by atoms with Crippen molar-refractivity contribution in [3.63, 3.8) is 0 Å². The van der Waals surface area contributed by atoms with E-state index in [2.05, 4.69) is 5.32 Å². The summed E-state index contributed by atoms with van der Waals surface area (Å²) in [7, 11) is -1.41. The van der Waals surface area contributed by atoms with Gasteiger partial charge in [0, 0.05) is 31.6 Å². The zero-order chi connectivity index (χ0) is 17.6. The molecule has 0 heterocycles. The van der Waals surface area contributed by atoms with E-state index >= 15 is 0 Å². The number of carbonyl (C=O) groups excluding carboxylic acids is 1. The number of amides is 2. The highest BCUT2D eigenvalue weighted by atomic mass is 32.2. The minimum Gasteiger partial charge on any atom is -0.396 e. The van der Waals surface area contributed by atoms with Crippen molar-refractivity contribution >= 4 is 22.5 Å². The van der Waals surface area contributed by atoms with Crippen LogP contribution in [0.4, 0.5) is 14.9 Å². The molecule has 1 aromatic carbocycles. The van der Waals surface area contributed by atoms with Crippen molar-refractivity contribution < 1.29 is 18.5 Å². The molecule has 0 aliphatic carbocycles. The summed E-state index contributed by atoms with van der Waals surface area (Å²) >= 11 is 0. The van der Waals surface area contributed by atoms with Gasteiger partial charge in [0.05, 0.1) is 15.7 Å². The van der Waals surface area contributed by atoms with Crippen molar-refractivity contribution in [1.29, 1.82) is 0 Å². The highest BCUT2D eigenvalue weighted by molar-refractivity contribution is 7.84. The van der Waals surface area contributed by atoms with Gasteiger partial charge in [-0.2, -0.15) is 0 Å². The van der Waals surface area contributed by atoms with E-state index in [9.17, 15) is 13.4 Å². The van der Waals surface area contributed by atoms with Crippen LogP contribution < -0.4 is 5.32 Å². The van der Waals surface area contributed by atoms with Gasteiger partial charge in [0.2, 0.25) is 0 Å². The van der Waals surface area contributed by atoms with Gasteiger partial charge < -0.3 is 15.3 Å². The molecule has 0 saturated heterocycles. The number of hydrogen-bond donors (Lipinski definition) is 2. The number of nitrogens with one attached hydrogen (secondary N) is 1. The van der Waals surface area contributed by atoms with E-state index in [-0.39, 0.29) is 22.9 Å². The Morgan fingerprint density at radius 2 is 2.04 bits per heavy atom. The van der Waals surface area contributed by atoms with Gasteiger partial charge in [-0.3, -0.25) is 4.21 Å². The number of benzene rings is 1. The Morgan fingerprint density at radius 3 is 2.52 bits per heavy atom. The van der Waals surface area contributed by atoms with Crippen molar-refractivity contribution in [2.75, 3.05) is 31.3 Å². The molecule has 1 atom stereocenters. The number of carbonyl (C=O) groups is 1. The third kappa shape index (κ3) is 6.66. The lowest BCUT2D eigenvalue weighted by molar-refractivity contribution is 0.176. The van der Waals surface area contributed by atoms with Gasteiger partial charge in [0.15, 0.2) is 0 Å². The van der Waals surface area contributed by atoms with Gasteiger partial charge in [-0.25, -0.2) is 9.18 Å². The summed E-state index contributed by atoms with van der Waals surface area (Å²) in [5.74, 6) is -0.610. The molecule has 1 rings (SSSR count). The standard InChI is InChI=1S/C16H25FN2O3S/c1-16(2,3)11-19(8-5-9-20)15(21)18-12-6-7-14(23(4)22)13(17)10-12/h6-7,10,20H,5,8-9,11H2,1-4H3,(H,18,21). The number of nitrogens with zero attached hydrogens (tertiary/aromatic N) is 1. The Labute approximate surface area is 139 Å². The summed E-state index contributed by atoms with van der Waals surface area (Å²) in [6.07, 6.45) is 1.88. The molecule has 0 aliphatic rings. The molecule has 130 valence electrons. The van der Waals surface area contributed by atoms with Crippen LogP contribution >= 0.6 is 0 Å². The zero-order valence-electron chi connectivity index (χ0n) is 14.1. The quantitative estimate of drug-likeness (QED) is 0.834. The van der Waals surface area contributed by atoms with Crippen LogP contribution in [0.1, 0.15) is 27.2 Å². The molecule has 1 aromatic rings. The minimum absolute atomic E-state index is 0.000434. The number of aliphatic hydroxyl groups excluding tert-OH is 1. The summed E-state index contributed by atoms with van der Waals surface area (Å²) in [5, 5.41) is 11.6. The molecule has 0 bridgehead atoms. The molecular formula is C16H25FN2O3S. The fourth-order valence-corrected chi connectivity index (χ4v) is 2.69. The molecule has 0 aliphatic heterocycles. The smallest absolute Gasteiger partial charge is 0.321 e. The SMILES string of the molecule is CS(=O)c1ccc(NC(=O)N(CCCO)CC(C)(C)C)cc1F. The molecule has 0 spiro atoms. The first-order chi connectivity index (χ1) is 10.6. The first-order valence-corrected chi connectivity index (χ1v) is 8.99. The molecule has 0 fully saturated rings. The van der Waals surface area contributed by atoms with E-state index in [0.29, 0.717) is 25.2 Å². The minimum atomic E-state index is -1.41. The van der Waals surface area contributed by atoms with E-state index in [1.165, 1.54) is 18.4 Å². The summed E-state index contributed by atoms with van der Waals surface area (Å²) in [6.45, 7) is 6.96. The van der Waals surface area contributed by atoms with Gasteiger partial charge in [0.1, 0.15) is 5.82 Å². The number of rotatable bonds is 6. The van der Waals surface area contributed by atoms with Crippen molar-refractivity contribution in [2.24, 2.45) is 5.41 Å². The summed E-state index contributed by atoms with van der Waals surface area (Å²) in [6, 6.07) is 3.75. The average Bonchev–Trinajstić information content (AvgIpc) is 2.41. The Hall–Kier alpha value is -1.47. The number of hydrogen-bond acceptors (Lipinski definition) is 3. The highest BCUT2D eigenvalue weighted by Gasteiger charge is 2.21. The lowest BCUT2D eigenvalue weighted by Gasteiger charge is -2.30. The molecule has 7 heteroatoms. The molecule has 2 amide bonds. The number of urea groups is 1. The summed E-state index contributed by atoms with van der Waals surface area (Å²) < 4.78 is 25.2. The molecule has 0 saturated carbocycles. The fraction of sp³-hybridized carbons (Fsp3) is 0.562. The topological polar surface area (TPSA) is 69.6 Å². The van der Waals surface area contributed by atoms with Gasteiger partial charge in [-0.15, -0.1) is 0 Å². The summed E-state index contributed by atoms with van der Waals surface area (Å²) in [5.41, 5.74) is 0.214. The van der Waals surface area contributed by atoms with Crippen LogP contribution in [0.2, 0.25) is 0 Å². The largest absolute Gasteiger partial charge is 0.396 e. The second kappa shape index (κ2) is 8.40. The van der Waals surface area contributed by atoms with Crippen molar-refractivity contribution in [1.82, 2.24) is 4.90 Å². The Bertz CT molecular complexity index is 573. The monoisotopic (exact) mass is 344 g/mol. The summed E-state index contributed by atoms with van der Waals surface area (Å²) in [4.78, 5) is 14.1. The van der Waals surface area contributed by atoms with Gasteiger partial charge in [0.25, 0.3) is 0 Å². The van der Waals surface area contributed by atoms with Gasteiger partial charge >= 0.3 is 6.03 Å². The highest BCUT2D eigenvalue weighted by Crippen LogP contribution is 2.19. The molecule has 0 radical (unpaired) electrons. The maximum absolute atomic E-state index is 13.8. The maximum Gasteiger partial charge on any atom is 0.321 e. The second-order valence-electron chi connectivity index (χ2n) is 6.59. The first-order valence-electron chi connectivity index (χ1n) is 7.44. The van der Waals surface area contributed by atoms with Crippen LogP contribution in [0.15, 0.2) is 23.1 Å². The number of anilines is 1. The number of aliphatic hydroxyl groups is 1. The zero-order valence-corrected chi connectivity index (χ0v) is 14.9. The average molecular weight is 344 g/mol. The normalized spacial score (nSPS) is 12.8. The van der Waals surface area contributed by atoms with Crippen LogP contribution in [-0.4, -0.2) is 46.2 Å². The van der Waals surface area contributed by atoms with E-state index in [1.54, 1.807) is 4.90 Å². The Balaban J connectivity index is 2.85. The van der Waals surface area contributed by atoms with Crippen molar-refractivity contribution in [3.8, 4) is 0 Å². The van der Waals surface area contributed by atoms with Crippen LogP contribution in [-0.2, 0) is 10.8 Å². The van der Waals surface area contributed by atoms with E-state index in [0.717, 1.165) is 6.07 Å². The third-order valence-corrected chi connectivity index (χ3v) is 3.98. The Kier molecular flexibility index (Phi) is 7.15. The predicted molar refractivity (Wildman–Crippen MR) is 90.5 cm³/mol. The molecule has 5 nitrogen and oxygen atoms in total. The van der Waals surface area contributed by atoms with Gasteiger partial charge in [-0.1, -0.05) is 20.8 Å². The molecule has 23 heavy (non-hydrogen) atoms. The van der Waals surface area contributed by atoms with Crippen LogP contribution in [0.5, 0.6) is 0 Å². The maximum atomic E-state index is 13.8. The second-order valence-corrected chi connectivity index (χ2v) is 7.94. The molecule has 0 aromatic heterocycles. The molecular weight excluding hydrogens is 319 g/mol. The van der Waals surface area contributed by atoms with E-state index in [4.69, 9.17) is 5.11 Å². The van der Waals surface area contributed by atoms with Crippen molar-refractivity contribution in [3.05, 3.63) is 24.0 Å². The fourth-order valence-electron chi connectivity index (χ4n) is 2.10. The molecule has 2 N–H and O–H groups in total. The van der Waals surface area contributed by atoms with Crippen LogP contribution in [0.3, 0.4) is 0 Å². The molecule has 1 unspecified atom stereocenters. The van der Waals surface area contributed by atoms with E-state index in [1.807, 2.05) is 20.8 Å². The van der Waals surface area contributed by atoms with Gasteiger partial charge in [-0.05, 0) is 30.0 Å². The van der Waals surface area contributed by atoms with Crippen molar-refractivity contribution in [2.45, 2.75) is 32.1 Å². The lowest BCUT2D eigenvalue weighted by Crippen LogP contribution is -2.41. The van der Waals surface area contributed by atoms with Crippen LogP contribution in [0.25, 0.3) is 0 Å². The van der Waals surface area contributed by atoms with E-state index < -0.39 is 16.6 Å².